The van der Waals surface area contributed by atoms with E-state index >= 15 is 0 Å². The van der Waals surface area contributed by atoms with Gasteiger partial charge in [0.1, 0.15) is 0 Å². The van der Waals surface area contributed by atoms with E-state index in [2.05, 4.69) is 6.58 Å². The molecule has 0 aromatic heterocycles. The molecule has 1 heterocycles. The van der Waals surface area contributed by atoms with Gasteiger partial charge in [-0.3, -0.25) is 0 Å². The van der Waals surface area contributed by atoms with E-state index in [0.29, 0.717) is 6.10 Å². The first-order valence-electron chi connectivity index (χ1n) is 5.67. The molecule has 1 aliphatic rings. The Morgan fingerprint density at radius 1 is 1.60 bits per heavy atom. The largest absolute Gasteiger partial charge is 0.460 e. The zero-order chi connectivity index (χ0) is 11.1. The van der Waals surface area contributed by atoms with Crippen molar-refractivity contribution in [2.45, 2.75) is 51.2 Å². The molecule has 1 fully saturated rings. The molecule has 86 valence electrons. The Labute approximate surface area is 91.4 Å². The molecule has 3 heteroatoms. The zero-order valence-corrected chi connectivity index (χ0v) is 9.41. The van der Waals surface area contributed by atoms with Crippen molar-refractivity contribution >= 4 is 5.97 Å². The van der Waals surface area contributed by atoms with Gasteiger partial charge in [-0.05, 0) is 26.2 Å². The summed E-state index contributed by atoms with van der Waals surface area (Å²) in [7, 11) is 0. The minimum absolute atomic E-state index is 0.00711. The standard InChI is InChI=1S/C12H20O3/c1-3-12(13)15-10(2)7-5-4-6-8-11-9-14-11/h3,10-11H,1,4-9H2,2H3. The molecular weight excluding hydrogens is 192 g/mol. The van der Waals surface area contributed by atoms with Crippen molar-refractivity contribution in [3.8, 4) is 0 Å². The van der Waals surface area contributed by atoms with Crippen LogP contribution in [-0.2, 0) is 14.3 Å². The first-order chi connectivity index (χ1) is 7.22. The van der Waals surface area contributed by atoms with Crippen molar-refractivity contribution in [2.24, 2.45) is 0 Å². The highest BCUT2D eigenvalue weighted by atomic mass is 16.6. The van der Waals surface area contributed by atoms with Crippen molar-refractivity contribution in [1.29, 1.82) is 0 Å². The van der Waals surface area contributed by atoms with E-state index in [4.69, 9.17) is 9.47 Å². The quantitative estimate of drug-likeness (QED) is 0.268. The third kappa shape index (κ3) is 6.28. The van der Waals surface area contributed by atoms with Gasteiger partial charge in [-0.2, -0.15) is 0 Å². The molecule has 1 saturated heterocycles. The summed E-state index contributed by atoms with van der Waals surface area (Å²) in [4.78, 5) is 10.9. The second-order valence-corrected chi connectivity index (χ2v) is 4.04. The van der Waals surface area contributed by atoms with Gasteiger partial charge in [-0.1, -0.05) is 19.4 Å². The van der Waals surface area contributed by atoms with E-state index in [1.807, 2.05) is 6.92 Å². The highest BCUT2D eigenvalue weighted by Gasteiger charge is 2.20. The fourth-order valence-corrected chi connectivity index (χ4v) is 1.52. The van der Waals surface area contributed by atoms with Crippen molar-refractivity contribution < 1.29 is 14.3 Å². The van der Waals surface area contributed by atoms with Crippen LogP contribution in [-0.4, -0.2) is 24.8 Å². The Balaban J connectivity index is 1.88. The van der Waals surface area contributed by atoms with Crippen LogP contribution in [0.25, 0.3) is 0 Å². The van der Waals surface area contributed by atoms with E-state index < -0.39 is 0 Å². The van der Waals surface area contributed by atoms with Gasteiger partial charge in [0, 0.05) is 6.08 Å². The van der Waals surface area contributed by atoms with E-state index in [0.717, 1.165) is 19.4 Å². The molecule has 0 aromatic rings. The SMILES string of the molecule is C=CC(=O)OC(C)CCCCCC1CO1. The number of carbonyl (C=O) groups excluding carboxylic acids is 1. The lowest BCUT2D eigenvalue weighted by Crippen LogP contribution is -2.12. The van der Waals surface area contributed by atoms with Gasteiger partial charge >= 0.3 is 5.97 Å². The van der Waals surface area contributed by atoms with Gasteiger partial charge in [-0.25, -0.2) is 4.79 Å². The molecule has 0 bridgehead atoms. The molecular formula is C12H20O3. The highest BCUT2D eigenvalue weighted by molar-refractivity contribution is 5.81. The monoisotopic (exact) mass is 212 g/mol. The van der Waals surface area contributed by atoms with Crippen molar-refractivity contribution in [2.75, 3.05) is 6.61 Å². The molecule has 3 nitrogen and oxygen atoms in total. The van der Waals surface area contributed by atoms with Crippen LogP contribution in [0.2, 0.25) is 0 Å². The lowest BCUT2D eigenvalue weighted by atomic mass is 10.1. The van der Waals surface area contributed by atoms with Crippen LogP contribution in [0.4, 0.5) is 0 Å². The molecule has 1 aliphatic heterocycles. The summed E-state index contributed by atoms with van der Waals surface area (Å²) in [6.07, 6.45) is 7.39. The minimum atomic E-state index is -0.325. The number of rotatable bonds is 8. The molecule has 15 heavy (non-hydrogen) atoms. The Hall–Kier alpha value is -0.830. The number of epoxide rings is 1. The highest BCUT2D eigenvalue weighted by Crippen LogP contribution is 2.18. The van der Waals surface area contributed by atoms with Crippen LogP contribution < -0.4 is 0 Å². The predicted molar refractivity (Wildman–Crippen MR) is 58.6 cm³/mol. The number of esters is 1. The number of hydrogen-bond acceptors (Lipinski definition) is 3. The lowest BCUT2D eigenvalue weighted by molar-refractivity contribution is -0.142. The van der Waals surface area contributed by atoms with Gasteiger partial charge in [0.25, 0.3) is 0 Å². The molecule has 0 radical (unpaired) electrons. The number of carbonyl (C=O) groups is 1. The summed E-state index contributed by atoms with van der Waals surface area (Å²) < 4.78 is 10.2. The summed E-state index contributed by atoms with van der Waals surface area (Å²) in [5.41, 5.74) is 0. The smallest absolute Gasteiger partial charge is 0.330 e. The molecule has 0 aromatic carbocycles. The Bertz CT molecular complexity index is 209. The third-order valence-electron chi connectivity index (χ3n) is 2.52. The van der Waals surface area contributed by atoms with Crippen LogP contribution in [0, 0.1) is 0 Å². The summed E-state index contributed by atoms with van der Waals surface area (Å²) in [6.45, 7) is 6.24. The van der Waals surface area contributed by atoms with Crippen LogP contribution in [0.15, 0.2) is 12.7 Å². The number of hydrogen-bond donors (Lipinski definition) is 0. The fourth-order valence-electron chi connectivity index (χ4n) is 1.52. The molecule has 2 unspecified atom stereocenters. The maximum Gasteiger partial charge on any atom is 0.330 e. The van der Waals surface area contributed by atoms with Crippen LogP contribution in [0.5, 0.6) is 0 Å². The second kappa shape index (κ2) is 6.62. The van der Waals surface area contributed by atoms with E-state index in [1.165, 1.54) is 25.3 Å². The van der Waals surface area contributed by atoms with E-state index in [1.54, 1.807) is 0 Å². The van der Waals surface area contributed by atoms with Crippen molar-refractivity contribution in [1.82, 2.24) is 0 Å². The molecule has 0 amide bonds. The molecule has 2 atom stereocenters. The van der Waals surface area contributed by atoms with Gasteiger partial charge in [0.2, 0.25) is 0 Å². The second-order valence-electron chi connectivity index (χ2n) is 4.04. The molecule has 0 aliphatic carbocycles. The topological polar surface area (TPSA) is 38.8 Å². The van der Waals surface area contributed by atoms with Crippen LogP contribution in [0.1, 0.15) is 39.0 Å². The van der Waals surface area contributed by atoms with Crippen LogP contribution in [0.3, 0.4) is 0 Å². The maximum absolute atomic E-state index is 10.9. The van der Waals surface area contributed by atoms with Gasteiger partial charge in [-0.15, -0.1) is 0 Å². The number of ether oxygens (including phenoxy) is 2. The number of unbranched alkanes of at least 4 members (excludes halogenated alkanes) is 2. The first-order valence-corrected chi connectivity index (χ1v) is 5.67. The normalized spacial score (nSPS) is 20.7. The van der Waals surface area contributed by atoms with Gasteiger partial charge in [0.15, 0.2) is 0 Å². The summed E-state index contributed by atoms with van der Waals surface area (Å²) >= 11 is 0. The van der Waals surface area contributed by atoms with E-state index in [-0.39, 0.29) is 12.1 Å². The predicted octanol–water partition coefficient (Wildman–Crippen LogP) is 2.45. The minimum Gasteiger partial charge on any atom is -0.460 e. The lowest BCUT2D eigenvalue weighted by Gasteiger charge is -2.11. The van der Waals surface area contributed by atoms with Crippen molar-refractivity contribution in [3.63, 3.8) is 0 Å². The Morgan fingerprint density at radius 3 is 2.93 bits per heavy atom. The molecule has 0 spiro atoms. The van der Waals surface area contributed by atoms with Gasteiger partial charge in [0.05, 0.1) is 18.8 Å². The molecule has 0 N–H and O–H groups in total. The summed E-state index contributed by atoms with van der Waals surface area (Å²) in [6, 6.07) is 0. The summed E-state index contributed by atoms with van der Waals surface area (Å²) in [5, 5.41) is 0. The fraction of sp³-hybridized carbons (Fsp3) is 0.750. The third-order valence-corrected chi connectivity index (χ3v) is 2.52. The maximum atomic E-state index is 10.9. The summed E-state index contributed by atoms with van der Waals surface area (Å²) in [5.74, 6) is -0.325. The molecule has 0 saturated carbocycles. The zero-order valence-electron chi connectivity index (χ0n) is 9.41. The van der Waals surface area contributed by atoms with E-state index in [9.17, 15) is 4.79 Å². The van der Waals surface area contributed by atoms with Crippen LogP contribution >= 0.6 is 0 Å². The Morgan fingerprint density at radius 2 is 2.33 bits per heavy atom. The Kier molecular flexibility index (Phi) is 5.40. The average Bonchev–Trinajstić information content (AvgIpc) is 3.01. The van der Waals surface area contributed by atoms with Gasteiger partial charge < -0.3 is 9.47 Å². The first kappa shape index (κ1) is 12.2. The molecule has 1 rings (SSSR count). The van der Waals surface area contributed by atoms with Crippen molar-refractivity contribution in [3.05, 3.63) is 12.7 Å². The average molecular weight is 212 g/mol.